The lowest BCUT2D eigenvalue weighted by molar-refractivity contribution is 0.438. The number of nitrogens with zero attached hydrogens (tertiary/aromatic N) is 2. The SMILES string of the molecule is NNC(c1ncccc1Cl)C1CCc2cccnc21. The molecule has 2 aromatic rings. The first kappa shape index (κ1) is 12.5. The molecule has 1 aliphatic carbocycles. The molecule has 3 rings (SSSR count). The van der Waals surface area contributed by atoms with Crippen molar-refractivity contribution in [1.29, 1.82) is 0 Å². The van der Waals surface area contributed by atoms with E-state index in [1.807, 2.05) is 24.4 Å². The van der Waals surface area contributed by atoms with E-state index in [2.05, 4.69) is 21.5 Å². The first-order valence-electron chi connectivity index (χ1n) is 6.31. The lowest BCUT2D eigenvalue weighted by Gasteiger charge is -2.23. The second kappa shape index (κ2) is 5.25. The average molecular weight is 275 g/mol. The third kappa shape index (κ3) is 2.23. The second-order valence-electron chi connectivity index (χ2n) is 4.71. The number of rotatable bonds is 3. The normalized spacial score (nSPS) is 19.2. The molecule has 0 aromatic carbocycles. The highest BCUT2D eigenvalue weighted by Crippen LogP contribution is 2.40. The summed E-state index contributed by atoms with van der Waals surface area (Å²) < 4.78 is 0. The third-order valence-electron chi connectivity index (χ3n) is 3.67. The number of fused-ring (bicyclic) bond motifs is 1. The zero-order valence-electron chi connectivity index (χ0n) is 10.4. The molecule has 0 bridgehead atoms. The topological polar surface area (TPSA) is 63.8 Å². The molecule has 0 amide bonds. The predicted octanol–water partition coefficient (Wildman–Crippen LogP) is 2.36. The van der Waals surface area contributed by atoms with Crippen molar-refractivity contribution in [2.24, 2.45) is 5.84 Å². The van der Waals surface area contributed by atoms with Crippen molar-refractivity contribution < 1.29 is 0 Å². The van der Waals surface area contributed by atoms with E-state index < -0.39 is 0 Å². The van der Waals surface area contributed by atoms with Gasteiger partial charge in [-0.25, -0.2) is 0 Å². The molecule has 5 heteroatoms. The number of hydrogen-bond acceptors (Lipinski definition) is 4. The van der Waals surface area contributed by atoms with Gasteiger partial charge in [-0.2, -0.15) is 0 Å². The Morgan fingerprint density at radius 3 is 2.84 bits per heavy atom. The van der Waals surface area contributed by atoms with Crippen LogP contribution in [0.3, 0.4) is 0 Å². The first-order valence-corrected chi connectivity index (χ1v) is 6.69. The molecule has 2 heterocycles. The fraction of sp³-hybridized carbons (Fsp3) is 0.286. The Bertz CT molecular complexity index is 587. The summed E-state index contributed by atoms with van der Waals surface area (Å²) in [5.41, 5.74) is 6.04. The van der Waals surface area contributed by atoms with E-state index >= 15 is 0 Å². The number of aromatic nitrogens is 2. The molecular formula is C14H15ClN4. The monoisotopic (exact) mass is 274 g/mol. The van der Waals surface area contributed by atoms with Crippen LogP contribution >= 0.6 is 11.6 Å². The summed E-state index contributed by atoms with van der Waals surface area (Å²) in [5.74, 6) is 5.95. The molecule has 0 saturated heterocycles. The van der Waals surface area contributed by atoms with Crippen molar-refractivity contribution >= 4 is 11.6 Å². The Kier molecular flexibility index (Phi) is 3.46. The van der Waals surface area contributed by atoms with Crippen LogP contribution in [-0.2, 0) is 6.42 Å². The number of hydrazine groups is 1. The number of hydrogen-bond donors (Lipinski definition) is 2. The van der Waals surface area contributed by atoms with E-state index in [1.54, 1.807) is 6.20 Å². The molecule has 2 aromatic heterocycles. The summed E-state index contributed by atoms with van der Waals surface area (Å²) in [6.07, 6.45) is 5.59. The minimum atomic E-state index is -0.107. The third-order valence-corrected chi connectivity index (χ3v) is 3.99. The molecule has 2 unspecified atom stereocenters. The number of nitrogens with one attached hydrogen (secondary N) is 1. The molecule has 0 radical (unpaired) electrons. The average Bonchev–Trinajstić information content (AvgIpc) is 2.86. The number of nitrogens with two attached hydrogens (primary N) is 1. The van der Waals surface area contributed by atoms with Crippen molar-refractivity contribution in [2.75, 3.05) is 0 Å². The van der Waals surface area contributed by atoms with Crippen molar-refractivity contribution in [3.05, 3.63) is 58.6 Å². The molecular weight excluding hydrogens is 260 g/mol. The maximum Gasteiger partial charge on any atom is 0.0779 e. The zero-order chi connectivity index (χ0) is 13.2. The van der Waals surface area contributed by atoms with Crippen LogP contribution in [0.1, 0.15) is 35.3 Å². The summed E-state index contributed by atoms with van der Waals surface area (Å²) in [5, 5.41) is 0.634. The molecule has 19 heavy (non-hydrogen) atoms. The molecule has 0 fully saturated rings. The van der Waals surface area contributed by atoms with Crippen LogP contribution in [-0.4, -0.2) is 9.97 Å². The van der Waals surface area contributed by atoms with Crippen LogP contribution in [0.2, 0.25) is 5.02 Å². The Morgan fingerprint density at radius 2 is 2.05 bits per heavy atom. The van der Waals surface area contributed by atoms with Crippen LogP contribution in [0.25, 0.3) is 0 Å². The van der Waals surface area contributed by atoms with Gasteiger partial charge in [0.15, 0.2) is 0 Å². The van der Waals surface area contributed by atoms with Crippen LogP contribution in [0.5, 0.6) is 0 Å². The van der Waals surface area contributed by atoms with Crippen molar-refractivity contribution in [1.82, 2.24) is 15.4 Å². The fourth-order valence-corrected chi connectivity index (χ4v) is 3.02. The molecule has 98 valence electrons. The van der Waals surface area contributed by atoms with Crippen LogP contribution in [0.15, 0.2) is 36.7 Å². The quantitative estimate of drug-likeness (QED) is 0.666. The van der Waals surface area contributed by atoms with Crippen molar-refractivity contribution in [3.8, 4) is 0 Å². The lowest BCUT2D eigenvalue weighted by atomic mass is 9.94. The van der Waals surface area contributed by atoms with E-state index in [-0.39, 0.29) is 12.0 Å². The zero-order valence-corrected chi connectivity index (χ0v) is 11.1. The van der Waals surface area contributed by atoms with Gasteiger partial charge < -0.3 is 0 Å². The first-order chi connectivity index (χ1) is 9.31. The Morgan fingerprint density at radius 1 is 1.26 bits per heavy atom. The van der Waals surface area contributed by atoms with Gasteiger partial charge in [-0.3, -0.25) is 21.2 Å². The van der Waals surface area contributed by atoms with Gasteiger partial charge in [-0.15, -0.1) is 0 Å². The van der Waals surface area contributed by atoms with Crippen molar-refractivity contribution in [3.63, 3.8) is 0 Å². The number of aryl methyl sites for hydroxylation is 1. The van der Waals surface area contributed by atoms with E-state index in [0.29, 0.717) is 5.02 Å². The van der Waals surface area contributed by atoms with E-state index in [1.165, 1.54) is 5.56 Å². The lowest BCUT2D eigenvalue weighted by Crippen LogP contribution is -2.33. The second-order valence-corrected chi connectivity index (χ2v) is 5.11. The number of halogens is 1. The van der Waals surface area contributed by atoms with Gasteiger partial charge in [0, 0.05) is 24.0 Å². The molecule has 3 N–H and O–H groups in total. The van der Waals surface area contributed by atoms with Crippen molar-refractivity contribution in [2.45, 2.75) is 24.8 Å². The van der Waals surface area contributed by atoms with Gasteiger partial charge in [-0.05, 0) is 36.6 Å². The van der Waals surface area contributed by atoms with Gasteiger partial charge in [0.1, 0.15) is 0 Å². The standard InChI is InChI=1S/C14H15ClN4/c15-11-4-2-8-18-14(11)13(19-16)10-6-5-9-3-1-7-17-12(9)10/h1-4,7-8,10,13,19H,5-6,16H2. The van der Waals surface area contributed by atoms with Crippen LogP contribution < -0.4 is 11.3 Å². The summed E-state index contributed by atoms with van der Waals surface area (Å²) >= 11 is 6.22. The summed E-state index contributed by atoms with van der Waals surface area (Å²) in [7, 11) is 0. The highest BCUT2D eigenvalue weighted by atomic mass is 35.5. The Hall–Kier alpha value is -1.49. The smallest absolute Gasteiger partial charge is 0.0779 e. The molecule has 0 aliphatic heterocycles. The summed E-state index contributed by atoms with van der Waals surface area (Å²) in [6.45, 7) is 0. The maximum atomic E-state index is 6.22. The van der Waals surface area contributed by atoms with Gasteiger partial charge in [0.05, 0.1) is 16.8 Å². The van der Waals surface area contributed by atoms with Gasteiger partial charge in [0.2, 0.25) is 0 Å². The molecule has 0 saturated carbocycles. The predicted molar refractivity (Wildman–Crippen MR) is 74.6 cm³/mol. The van der Waals surface area contributed by atoms with E-state index in [0.717, 1.165) is 24.2 Å². The molecule has 1 aliphatic rings. The Balaban J connectivity index is 1.99. The maximum absolute atomic E-state index is 6.22. The van der Waals surface area contributed by atoms with Gasteiger partial charge in [0.25, 0.3) is 0 Å². The summed E-state index contributed by atoms with van der Waals surface area (Å²) in [6, 6.07) is 7.64. The highest BCUT2D eigenvalue weighted by molar-refractivity contribution is 6.31. The van der Waals surface area contributed by atoms with Crippen LogP contribution in [0.4, 0.5) is 0 Å². The van der Waals surface area contributed by atoms with Gasteiger partial charge in [-0.1, -0.05) is 17.7 Å². The van der Waals surface area contributed by atoms with Gasteiger partial charge >= 0.3 is 0 Å². The fourth-order valence-electron chi connectivity index (χ4n) is 2.78. The summed E-state index contributed by atoms with van der Waals surface area (Å²) in [4.78, 5) is 8.86. The van der Waals surface area contributed by atoms with Crippen LogP contribution in [0, 0.1) is 0 Å². The number of pyridine rings is 2. The van der Waals surface area contributed by atoms with E-state index in [4.69, 9.17) is 17.4 Å². The highest BCUT2D eigenvalue weighted by Gasteiger charge is 2.33. The minimum absolute atomic E-state index is 0.107. The molecule has 0 spiro atoms. The molecule has 2 atom stereocenters. The largest absolute Gasteiger partial charge is 0.271 e. The molecule has 4 nitrogen and oxygen atoms in total. The van der Waals surface area contributed by atoms with E-state index in [9.17, 15) is 0 Å². The minimum Gasteiger partial charge on any atom is -0.271 e. The Labute approximate surface area is 117 Å².